The lowest BCUT2D eigenvalue weighted by Gasteiger charge is -2.62. The molecule has 1 heterocycles. The minimum atomic E-state index is -1.45. The van der Waals surface area contributed by atoms with Crippen molar-refractivity contribution in [2.75, 3.05) is 6.61 Å². The van der Waals surface area contributed by atoms with Crippen LogP contribution in [-0.4, -0.2) is 86.1 Å². The average Bonchev–Trinajstić information content (AvgIpc) is 3.25. The number of rotatable bonds is 7. The summed E-state index contributed by atoms with van der Waals surface area (Å²) in [5.41, 5.74) is 0.236. The van der Waals surface area contributed by atoms with Gasteiger partial charge < -0.3 is 40.1 Å². The fraction of sp³-hybridized carbons (Fsp3) is 0.967. The van der Waals surface area contributed by atoms with Gasteiger partial charge in [-0.25, -0.2) is 0 Å². The Hall–Kier alpha value is -0.810. The van der Waals surface area contributed by atoms with E-state index >= 15 is 0 Å². The Morgan fingerprint density at radius 3 is 2.33 bits per heavy atom. The molecule has 224 valence electrons. The minimum absolute atomic E-state index is 0.0908. The lowest BCUT2D eigenvalue weighted by atomic mass is 9.43. The molecule has 1 aliphatic heterocycles. The monoisotopic (exact) mass is 554 g/mol. The van der Waals surface area contributed by atoms with Gasteiger partial charge in [-0.05, 0) is 104 Å². The third-order valence-corrected chi connectivity index (χ3v) is 12.4. The van der Waals surface area contributed by atoms with Gasteiger partial charge in [-0.3, -0.25) is 4.79 Å². The highest BCUT2D eigenvalue weighted by Crippen LogP contribution is 2.68. The molecular formula is C30H50O9. The number of aliphatic hydroxyl groups excluding tert-OH is 5. The van der Waals surface area contributed by atoms with Gasteiger partial charge in [0, 0.05) is 6.42 Å². The average molecular weight is 555 g/mol. The van der Waals surface area contributed by atoms with Gasteiger partial charge in [0.2, 0.25) is 0 Å². The summed E-state index contributed by atoms with van der Waals surface area (Å²) in [6.07, 6.45) is 1.64. The van der Waals surface area contributed by atoms with E-state index in [-0.39, 0.29) is 41.3 Å². The maximum absolute atomic E-state index is 11.6. The van der Waals surface area contributed by atoms with Crippen LogP contribution < -0.4 is 0 Å². The molecule has 0 aromatic heterocycles. The van der Waals surface area contributed by atoms with Crippen LogP contribution in [0.4, 0.5) is 0 Å². The van der Waals surface area contributed by atoms with E-state index < -0.39 is 43.3 Å². The van der Waals surface area contributed by atoms with E-state index in [1.807, 2.05) is 0 Å². The van der Waals surface area contributed by atoms with Crippen molar-refractivity contribution >= 4 is 5.97 Å². The number of ether oxygens (including phenoxy) is 2. The highest BCUT2D eigenvalue weighted by atomic mass is 16.7. The van der Waals surface area contributed by atoms with Crippen LogP contribution in [0, 0.1) is 46.3 Å². The Morgan fingerprint density at radius 1 is 0.949 bits per heavy atom. The van der Waals surface area contributed by atoms with Crippen LogP contribution in [-0.2, 0) is 14.3 Å². The molecule has 0 amide bonds. The first-order valence-electron chi connectivity index (χ1n) is 15.3. The maximum atomic E-state index is 11.6. The first-order valence-corrected chi connectivity index (χ1v) is 15.3. The van der Waals surface area contributed by atoms with Crippen molar-refractivity contribution < 1.29 is 44.9 Å². The Labute approximate surface area is 231 Å². The summed E-state index contributed by atoms with van der Waals surface area (Å²) < 4.78 is 11.8. The van der Waals surface area contributed by atoms with E-state index in [1.54, 1.807) is 0 Å². The first-order chi connectivity index (χ1) is 18.4. The summed E-state index contributed by atoms with van der Waals surface area (Å²) in [5.74, 6) is 1.58. The van der Waals surface area contributed by atoms with E-state index in [2.05, 4.69) is 20.8 Å². The molecule has 4 saturated carbocycles. The van der Waals surface area contributed by atoms with E-state index in [4.69, 9.17) is 9.47 Å². The van der Waals surface area contributed by atoms with Gasteiger partial charge in [0.05, 0.1) is 18.8 Å². The van der Waals surface area contributed by atoms with Crippen molar-refractivity contribution in [1.29, 1.82) is 0 Å². The van der Waals surface area contributed by atoms with E-state index in [0.717, 1.165) is 51.4 Å². The van der Waals surface area contributed by atoms with Crippen LogP contribution in [0.15, 0.2) is 0 Å². The maximum Gasteiger partial charge on any atom is 0.303 e. The van der Waals surface area contributed by atoms with Gasteiger partial charge in [0.1, 0.15) is 24.4 Å². The number of carboxylic acids is 1. The molecule has 0 unspecified atom stereocenters. The minimum Gasteiger partial charge on any atom is -0.481 e. The highest BCUT2D eigenvalue weighted by Gasteiger charge is 2.63. The molecule has 6 N–H and O–H groups in total. The molecule has 39 heavy (non-hydrogen) atoms. The predicted molar refractivity (Wildman–Crippen MR) is 141 cm³/mol. The van der Waals surface area contributed by atoms with Crippen LogP contribution in [0.3, 0.4) is 0 Å². The fourth-order valence-corrected chi connectivity index (χ4v) is 10.2. The molecule has 5 aliphatic rings. The van der Waals surface area contributed by atoms with Crippen LogP contribution >= 0.6 is 0 Å². The molecular weight excluding hydrogens is 504 g/mol. The molecule has 15 atom stereocenters. The predicted octanol–water partition coefficient (Wildman–Crippen LogP) is 2.30. The lowest BCUT2D eigenvalue weighted by Crippen LogP contribution is -2.61. The number of aliphatic hydroxyl groups is 5. The topological polar surface area (TPSA) is 157 Å². The molecule has 0 aromatic carbocycles. The van der Waals surface area contributed by atoms with E-state index in [9.17, 15) is 35.4 Å². The quantitative estimate of drug-likeness (QED) is 0.260. The number of fused-ring (bicyclic) bond motifs is 5. The van der Waals surface area contributed by atoms with Gasteiger partial charge in [0.15, 0.2) is 6.29 Å². The molecule has 0 spiro atoms. The number of carboxylic acid groups (broad SMARTS) is 1. The van der Waals surface area contributed by atoms with Crippen molar-refractivity contribution in [2.24, 2.45) is 46.3 Å². The van der Waals surface area contributed by atoms with Crippen LogP contribution in [0.2, 0.25) is 0 Å². The molecule has 0 bridgehead atoms. The Kier molecular flexibility index (Phi) is 8.46. The summed E-state index contributed by atoms with van der Waals surface area (Å²) in [5, 5.41) is 61.0. The van der Waals surface area contributed by atoms with Crippen LogP contribution in [0.5, 0.6) is 0 Å². The molecule has 4 aliphatic carbocycles. The molecule has 0 radical (unpaired) electrons. The molecule has 9 nitrogen and oxygen atoms in total. The number of hydrogen-bond acceptors (Lipinski definition) is 8. The lowest BCUT2D eigenvalue weighted by molar-refractivity contribution is -0.317. The van der Waals surface area contributed by atoms with Crippen molar-refractivity contribution in [1.82, 2.24) is 0 Å². The summed E-state index contributed by atoms with van der Waals surface area (Å²) >= 11 is 0. The Bertz CT molecular complexity index is 882. The van der Waals surface area contributed by atoms with Crippen LogP contribution in [0.1, 0.15) is 85.0 Å². The zero-order chi connectivity index (χ0) is 28.3. The van der Waals surface area contributed by atoms with Crippen LogP contribution in [0.25, 0.3) is 0 Å². The molecule has 0 aromatic rings. The van der Waals surface area contributed by atoms with Crippen molar-refractivity contribution in [3.8, 4) is 0 Å². The van der Waals surface area contributed by atoms with E-state index in [0.29, 0.717) is 30.1 Å². The zero-order valence-electron chi connectivity index (χ0n) is 23.7. The summed E-state index contributed by atoms with van der Waals surface area (Å²) in [4.78, 5) is 11.2. The summed E-state index contributed by atoms with van der Waals surface area (Å²) in [7, 11) is 0. The second-order valence-corrected chi connectivity index (χ2v) is 14.2. The largest absolute Gasteiger partial charge is 0.481 e. The number of hydrogen-bond donors (Lipinski definition) is 6. The van der Waals surface area contributed by atoms with Crippen molar-refractivity contribution in [3.63, 3.8) is 0 Å². The highest BCUT2D eigenvalue weighted by molar-refractivity contribution is 5.66. The third-order valence-electron chi connectivity index (χ3n) is 12.4. The van der Waals surface area contributed by atoms with Gasteiger partial charge >= 0.3 is 5.97 Å². The summed E-state index contributed by atoms with van der Waals surface area (Å²) in [6, 6.07) is 0. The SMILES string of the molecule is C[C@H](CCC(=O)O)[C@H]1CC[C@H]2[C@@H]3[C@@H](O)C[C@@H]4C[C@H](O[C@@H]5O[C@H](CO)[C@@H](O)[C@H](O)[C@H]5O)CC[C@]4(C)[C@H]3CC[C@]12C. The molecule has 5 fully saturated rings. The Morgan fingerprint density at radius 2 is 1.64 bits per heavy atom. The second kappa shape index (κ2) is 11.1. The van der Waals surface area contributed by atoms with Crippen molar-refractivity contribution in [2.45, 2.75) is 128 Å². The number of aliphatic carboxylic acids is 1. The first kappa shape index (κ1) is 29.7. The normalized spacial score (nSPS) is 52.4. The third kappa shape index (κ3) is 5.08. The smallest absolute Gasteiger partial charge is 0.303 e. The second-order valence-electron chi connectivity index (χ2n) is 14.2. The molecule has 9 heteroatoms. The standard InChI is InChI=1S/C30H50O9/c1-15(4-7-23(33)34)18-5-6-19-24-20(9-11-30(18,19)3)29(2)10-8-17(12-16(29)13-21(24)32)38-28-27(37)26(36)25(35)22(14-31)39-28/h15-22,24-28,31-32,35-37H,4-14H2,1-3H3,(H,33,34)/t15-,16+,17-,18-,19+,20+,21+,22-,24+,25-,26+,27-,28-,29+,30-/m1/s1. The fourth-order valence-electron chi connectivity index (χ4n) is 10.2. The molecule has 5 rings (SSSR count). The zero-order valence-corrected chi connectivity index (χ0v) is 23.7. The molecule has 1 saturated heterocycles. The van der Waals surface area contributed by atoms with E-state index in [1.165, 1.54) is 0 Å². The van der Waals surface area contributed by atoms with Gasteiger partial charge in [-0.15, -0.1) is 0 Å². The Balaban J connectivity index is 1.26. The van der Waals surface area contributed by atoms with Gasteiger partial charge in [-0.2, -0.15) is 0 Å². The van der Waals surface area contributed by atoms with Gasteiger partial charge in [0.25, 0.3) is 0 Å². The van der Waals surface area contributed by atoms with Crippen molar-refractivity contribution in [3.05, 3.63) is 0 Å². The number of carbonyl (C=O) groups is 1. The van der Waals surface area contributed by atoms with Gasteiger partial charge in [-0.1, -0.05) is 20.8 Å². The summed E-state index contributed by atoms with van der Waals surface area (Å²) in [6.45, 7) is 6.55.